The molecule has 1 saturated heterocycles. The van der Waals surface area contributed by atoms with Gasteiger partial charge < -0.3 is 24.3 Å². The third-order valence-corrected chi connectivity index (χ3v) is 3.77. The van der Waals surface area contributed by atoms with Gasteiger partial charge in [0.25, 0.3) is 0 Å². The Balaban J connectivity index is 2.26. The number of benzene rings is 1. The lowest BCUT2D eigenvalue weighted by Gasteiger charge is -2.23. The summed E-state index contributed by atoms with van der Waals surface area (Å²) in [7, 11) is 2.74. The highest BCUT2D eigenvalue weighted by Crippen LogP contribution is 2.37. The number of rotatable bonds is 4. The van der Waals surface area contributed by atoms with Crippen LogP contribution in [-0.2, 0) is 23.8 Å². The smallest absolute Gasteiger partial charge is 0.408 e. The number of carbonyl (C=O) groups is 3. The number of methoxy groups -OCH3 is 2. The topological polar surface area (TPSA) is 100 Å². The molecule has 0 bridgehead atoms. The molecular weight excluding hydrogens is 342 g/mol. The predicted octanol–water partition coefficient (Wildman–Crippen LogP) is 1.98. The van der Waals surface area contributed by atoms with Crippen LogP contribution in [0.5, 0.6) is 5.75 Å². The van der Waals surface area contributed by atoms with Crippen LogP contribution >= 0.6 is 0 Å². The van der Waals surface area contributed by atoms with E-state index in [0.29, 0.717) is 11.3 Å². The molecule has 1 aliphatic heterocycles. The van der Waals surface area contributed by atoms with E-state index in [1.807, 2.05) is 0 Å². The van der Waals surface area contributed by atoms with Crippen molar-refractivity contribution in [1.29, 1.82) is 0 Å². The van der Waals surface area contributed by atoms with Crippen LogP contribution in [0.15, 0.2) is 24.3 Å². The molecular formula is C18H23NO7. The van der Waals surface area contributed by atoms with E-state index in [1.54, 1.807) is 45.0 Å². The van der Waals surface area contributed by atoms with Gasteiger partial charge in [-0.25, -0.2) is 9.59 Å². The molecule has 1 N–H and O–H groups in total. The molecule has 1 heterocycles. The van der Waals surface area contributed by atoms with Gasteiger partial charge in [-0.3, -0.25) is 4.79 Å². The zero-order chi connectivity index (χ0) is 19.5. The zero-order valence-corrected chi connectivity index (χ0v) is 15.4. The molecule has 0 spiro atoms. The van der Waals surface area contributed by atoms with E-state index < -0.39 is 41.7 Å². The Morgan fingerprint density at radius 2 is 1.73 bits per heavy atom. The van der Waals surface area contributed by atoms with Crippen molar-refractivity contribution in [3.8, 4) is 5.75 Å². The lowest BCUT2D eigenvalue weighted by Crippen LogP contribution is -2.47. The van der Waals surface area contributed by atoms with Gasteiger partial charge in [-0.15, -0.1) is 0 Å². The minimum absolute atomic E-state index is 0.586. The fraction of sp³-hybridized carbons (Fsp3) is 0.500. The van der Waals surface area contributed by atoms with Gasteiger partial charge in [0.05, 0.1) is 14.2 Å². The maximum atomic E-state index is 12.3. The van der Waals surface area contributed by atoms with Gasteiger partial charge in [0.1, 0.15) is 29.4 Å². The summed E-state index contributed by atoms with van der Waals surface area (Å²) in [6, 6.07) is 5.54. The van der Waals surface area contributed by atoms with E-state index in [9.17, 15) is 14.4 Å². The minimum Gasteiger partial charge on any atom is -0.497 e. The van der Waals surface area contributed by atoms with Crippen molar-refractivity contribution in [2.75, 3.05) is 14.2 Å². The third kappa shape index (κ3) is 4.44. The molecule has 1 aliphatic rings. The van der Waals surface area contributed by atoms with Crippen LogP contribution in [0.2, 0.25) is 0 Å². The number of nitrogens with one attached hydrogen (secondary N) is 1. The van der Waals surface area contributed by atoms with Gasteiger partial charge >= 0.3 is 18.0 Å². The van der Waals surface area contributed by atoms with Crippen LogP contribution in [0.25, 0.3) is 0 Å². The molecule has 1 aromatic carbocycles. The summed E-state index contributed by atoms with van der Waals surface area (Å²) in [5.41, 5.74) is -0.161. The van der Waals surface area contributed by atoms with Gasteiger partial charge in [-0.2, -0.15) is 0 Å². The molecule has 26 heavy (non-hydrogen) atoms. The van der Waals surface area contributed by atoms with Crippen molar-refractivity contribution in [2.24, 2.45) is 5.92 Å². The minimum atomic E-state index is -1.20. The molecule has 142 valence electrons. The standard InChI is InChI=1S/C18H23NO7/c1-18(2,3)26-17(22)19-13-12(15(20)24-5)14(25-16(13)21)10-6-8-11(23-4)9-7-10/h6-9,12-14H,1-5H3,(H,19,22)/t12-,13+,14-/m1/s1. The Morgan fingerprint density at radius 3 is 2.23 bits per heavy atom. The monoisotopic (exact) mass is 365 g/mol. The summed E-state index contributed by atoms with van der Waals surface area (Å²) in [5.74, 6) is -1.81. The second kappa shape index (κ2) is 7.63. The molecule has 8 nitrogen and oxygen atoms in total. The highest BCUT2D eigenvalue weighted by Gasteiger charge is 2.51. The summed E-state index contributed by atoms with van der Waals surface area (Å²) < 4.78 is 20.4. The number of alkyl carbamates (subject to hydrolysis) is 1. The lowest BCUT2D eigenvalue weighted by molar-refractivity contribution is -0.148. The summed E-state index contributed by atoms with van der Waals surface area (Å²) in [6.45, 7) is 5.08. The molecule has 0 aliphatic carbocycles. The maximum absolute atomic E-state index is 12.3. The second-order valence-corrected chi connectivity index (χ2v) is 6.80. The van der Waals surface area contributed by atoms with Crippen LogP contribution in [0.3, 0.4) is 0 Å². The van der Waals surface area contributed by atoms with E-state index in [0.717, 1.165) is 0 Å². The molecule has 1 fully saturated rings. The van der Waals surface area contributed by atoms with Crippen LogP contribution in [0, 0.1) is 5.92 Å². The average molecular weight is 365 g/mol. The van der Waals surface area contributed by atoms with Gasteiger partial charge in [0.15, 0.2) is 0 Å². The first-order valence-electron chi connectivity index (χ1n) is 8.08. The quantitative estimate of drug-likeness (QED) is 0.643. The Kier molecular flexibility index (Phi) is 5.74. The fourth-order valence-corrected chi connectivity index (χ4v) is 2.64. The van der Waals surface area contributed by atoms with Crippen molar-refractivity contribution in [3.63, 3.8) is 0 Å². The summed E-state index contributed by atoms with van der Waals surface area (Å²) in [5, 5.41) is 2.41. The first kappa shape index (κ1) is 19.6. The van der Waals surface area contributed by atoms with Gasteiger partial charge in [-0.1, -0.05) is 12.1 Å². The summed E-state index contributed by atoms with van der Waals surface area (Å²) in [6.07, 6.45) is -1.70. The van der Waals surface area contributed by atoms with E-state index in [2.05, 4.69) is 5.32 Å². The average Bonchev–Trinajstić information content (AvgIpc) is 2.89. The Bertz CT molecular complexity index is 678. The molecule has 1 amide bonds. The van der Waals surface area contributed by atoms with Crippen molar-refractivity contribution >= 4 is 18.0 Å². The van der Waals surface area contributed by atoms with Gasteiger partial charge in [0.2, 0.25) is 0 Å². The van der Waals surface area contributed by atoms with Crippen molar-refractivity contribution in [1.82, 2.24) is 5.32 Å². The van der Waals surface area contributed by atoms with Crippen molar-refractivity contribution in [2.45, 2.75) is 38.5 Å². The van der Waals surface area contributed by atoms with E-state index >= 15 is 0 Å². The normalized spacial score (nSPS) is 22.3. The molecule has 0 unspecified atom stereocenters. The number of ether oxygens (including phenoxy) is 4. The molecule has 3 atom stereocenters. The number of cyclic esters (lactones) is 1. The first-order valence-corrected chi connectivity index (χ1v) is 8.08. The van der Waals surface area contributed by atoms with E-state index in [-0.39, 0.29) is 0 Å². The molecule has 0 aromatic heterocycles. The van der Waals surface area contributed by atoms with E-state index in [4.69, 9.17) is 18.9 Å². The molecule has 8 heteroatoms. The van der Waals surface area contributed by atoms with Crippen LogP contribution in [-0.4, -0.2) is 43.9 Å². The second-order valence-electron chi connectivity index (χ2n) is 6.80. The highest BCUT2D eigenvalue weighted by molar-refractivity contribution is 5.91. The number of hydrogen-bond acceptors (Lipinski definition) is 7. The fourth-order valence-electron chi connectivity index (χ4n) is 2.64. The Labute approximate surface area is 151 Å². The first-order chi connectivity index (χ1) is 12.2. The molecule has 0 saturated carbocycles. The number of carbonyl (C=O) groups excluding carboxylic acids is 3. The molecule has 2 rings (SSSR count). The van der Waals surface area contributed by atoms with Crippen LogP contribution < -0.4 is 10.1 Å². The highest BCUT2D eigenvalue weighted by atomic mass is 16.6. The van der Waals surface area contributed by atoms with E-state index in [1.165, 1.54) is 14.2 Å². The number of amides is 1. The maximum Gasteiger partial charge on any atom is 0.408 e. The molecule has 1 aromatic rings. The number of hydrogen-bond donors (Lipinski definition) is 1. The van der Waals surface area contributed by atoms with Crippen LogP contribution in [0.1, 0.15) is 32.4 Å². The van der Waals surface area contributed by atoms with Crippen LogP contribution in [0.4, 0.5) is 4.79 Å². The predicted molar refractivity (Wildman–Crippen MR) is 90.5 cm³/mol. The Hall–Kier alpha value is -2.77. The summed E-state index contributed by atoms with van der Waals surface area (Å²) in [4.78, 5) is 36.6. The van der Waals surface area contributed by atoms with Crippen molar-refractivity contribution < 1.29 is 33.3 Å². The van der Waals surface area contributed by atoms with Gasteiger partial charge in [-0.05, 0) is 38.5 Å². The SMILES string of the molecule is COC(=O)[C@@H]1[C@H](NC(=O)OC(C)(C)C)C(=O)O[C@@H]1c1ccc(OC)cc1. The molecule has 0 radical (unpaired) electrons. The van der Waals surface area contributed by atoms with Gasteiger partial charge in [0, 0.05) is 0 Å². The third-order valence-electron chi connectivity index (χ3n) is 3.77. The largest absolute Gasteiger partial charge is 0.497 e. The number of esters is 2. The zero-order valence-electron chi connectivity index (χ0n) is 15.4. The van der Waals surface area contributed by atoms with Crippen molar-refractivity contribution in [3.05, 3.63) is 29.8 Å². The summed E-state index contributed by atoms with van der Waals surface area (Å²) >= 11 is 0. The lowest BCUT2D eigenvalue weighted by atomic mass is 9.92. The Morgan fingerprint density at radius 1 is 1.12 bits per heavy atom.